The summed E-state index contributed by atoms with van der Waals surface area (Å²) < 4.78 is 5.23. The van der Waals surface area contributed by atoms with E-state index in [4.69, 9.17) is 10.5 Å². The standard InChI is InChI=1S/C10H17N3O/c1-6-9(10(14-2)13-12-6)8(5-11)7-3-4-7/h7-8H,3-5,11H2,1-2H3,(H,12,13). The first-order valence-electron chi connectivity index (χ1n) is 5.06. The second kappa shape index (κ2) is 3.61. The van der Waals surface area contributed by atoms with Crippen molar-refractivity contribution in [3.05, 3.63) is 11.3 Å². The van der Waals surface area contributed by atoms with Gasteiger partial charge in [-0.15, -0.1) is 5.10 Å². The van der Waals surface area contributed by atoms with Crippen molar-refractivity contribution in [2.75, 3.05) is 13.7 Å². The van der Waals surface area contributed by atoms with Crippen LogP contribution in [0.2, 0.25) is 0 Å². The van der Waals surface area contributed by atoms with Gasteiger partial charge in [0.05, 0.1) is 7.11 Å². The molecule has 2 rings (SSSR count). The molecule has 0 bridgehead atoms. The summed E-state index contributed by atoms with van der Waals surface area (Å²) in [6.07, 6.45) is 2.57. The number of hydrogen-bond acceptors (Lipinski definition) is 3. The van der Waals surface area contributed by atoms with Gasteiger partial charge in [0, 0.05) is 17.2 Å². The highest BCUT2D eigenvalue weighted by molar-refractivity contribution is 5.35. The SMILES string of the molecule is COc1n[nH]c(C)c1C(CN)C1CC1. The van der Waals surface area contributed by atoms with Crippen molar-refractivity contribution in [2.24, 2.45) is 11.7 Å². The molecule has 78 valence electrons. The summed E-state index contributed by atoms with van der Waals surface area (Å²) >= 11 is 0. The normalized spacial score (nSPS) is 18.2. The molecular formula is C10H17N3O. The second-order valence-electron chi connectivity index (χ2n) is 3.95. The molecule has 14 heavy (non-hydrogen) atoms. The number of aromatic amines is 1. The summed E-state index contributed by atoms with van der Waals surface area (Å²) in [5.41, 5.74) is 8.07. The fraction of sp³-hybridized carbons (Fsp3) is 0.700. The maximum atomic E-state index is 5.80. The van der Waals surface area contributed by atoms with Crippen LogP contribution in [0.1, 0.15) is 30.0 Å². The van der Waals surface area contributed by atoms with Gasteiger partial charge in [0.15, 0.2) is 0 Å². The van der Waals surface area contributed by atoms with Crippen LogP contribution in [-0.2, 0) is 0 Å². The van der Waals surface area contributed by atoms with Crippen LogP contribution < -0.4 is 10.5 Å². The Labute approximate surface area is 83.8 Å². The van der Waals surface area contributed by atoms with Crippen molar-refractivity contribution < 1.29 is 4.74 Å². The Bertz CT molecular complexity index is 317. The van der Waals surface area contributed by atoms with Crippen LogP contribution in [0.25, 0.3) is 0 Å². The van der Waals surface area contributed by atoms with Gasteiger partial charge in [-0.2, -0.15) is 0 Å². The third-order valence-electron chi connectivity index (χ3n) is 2.97. The van der Waals surface area contributed by atoms with Gasteiger partial charge in [0.1, 0.15) is 0 Å². The molecule has 1 fully saturated rings. The minimum absolute atomic E-state index is 0.420. The highest BCUT2D eigenvalue weighted by atomic mass is 16.5. The summed E-state index contributed by atoms with van der Waals surface area (Å²) in [6, 6.07) is 0. The van der Waals surface area contributed by atoms with Gasteiger partial charge >= 0.3 is 0 Å². The van der Waals surface area contributed by atoms with Crippen LogP contribution in [0.5, 0.6) is 5.88 Å². The van der Waals surface area contributed by atoms with Crippen molar-refractivity contribution in [3.8, 4) is 5.88 Å². The van der Waals surface area contributed by atoms with Gasteiger partial charge < -0.3 is 10.5 Å². The third-order valence-corrected chi connectivity index (χ3v) is 2.97. The maximum Gasteiger partial charge on any atom is 0.236 e. The van der Waals surface area contributed by atoms with Crippen LogP contribution in [0.3, 0.4) is 0 Å². The molecule has 0 radical (unpaired) electrons. The Morgan fingerprint density at radius 2 is 2.36 bits per heavy atom. The van der Waals surface area contributed by atoms with Gasteiger partial charge in [0.2, 0.25) is 5.88 Å². The lowest BCUT2D eigenvalue weighted by Crippen LogP contribution is -2.15. The quantitative estimate of drug-likeness (QED) is 0.758. The third kappa shape index (κ3) is 1.50. The van der Waals surface area contributed by atoms with E-state index in [-0.39, 0.29) is 0 Å². The van der Waals surface area contributed by atoms with Crippen LogP contribution >= 0.6 is 0 Å². The number of aromatic nitrogens is 2. The van der Waals surface area contributed by atoms with Gasteiger partial charge in [-0.25, -0.2) is 0 Å². The smallest absolute Gasteiger partial charge is 0.236 e. The number of nitrogens with two attached hydrogens (primary N) is 1. The van der Waals surface area contributed by atoms with E-state index in [1.165, 1.54) is 18.4 Å². The number of methoxy groups -OCH3 is 1. The zero-order chi connectivity index (χ0) is 10.1. The average molecular weight is 195 g/mol. The minimum atomic E-state index is 0.420. The lowest BCUT2D eigenvalue weighted by atomic mass is 9.94. The summed E-state index contributed by atoms with van der Waals surface area (Å²) in [7, 11) is 1.65. The molecule has 0 amide bonds. The van der Waals surface area contributed by atoms with E-state index in [0.29, 0.717) is 18.3 Å². The number of nitrogens with zero attached hydrogens (tertiary/aromatic N) is 1. The second-order valence-corrected chi connectivity index (χ2v) is 3.95. The zero-order valence-corrected chi connectivity index (χ0v) is 8.71. The molecule has 1 aliphatic rings. The van der Waals surface area contributed by atoms with E-state index >= 15 is 0 Å². The predicted molar refractivity (Wildman–Crippen MR) is 54.4 cm³/mol. The van der Waals surface area contributed by atoms with Gasteiger partial charge in [-0.3, -0.25) is 5.10 Å². The number of H-pyrrole nitrogens is 1. The van der Waals surface area contributed by atoms with E-state index in [1.807, 2.05) is 6.92 Å². The minimum Gasteiger partial charge on any atom is -0.480 e. The topological polar surface area (TPSA) is 63.9 Å². The largest absolute Gasteiger partial charge is 0.480 e. The molecule has 0 aromatic carbocycles. The molecule has 1 heterocycles. The zero-order valence-electron chi connectivity index (χ0n) is 8.71. The van der Waals surface area contributed by atoms with Crippen molar-refractivity contribution in [2.45, 2.75) is 25.7 Å². The van der Waals surface area contributed by atoms with Crippen LogP contribution in [0.15, 0.2) is 0 Å². The predicted octanol–water partition coefficient (Wildman–Crippen LogP) is 1.18. The van der Waals surface area contributed by atoms with Gasteiger partial charge in [0.25, 0.3) is 0 Å². The van der Waals surface area contributed by atoms with Crippen molar-refractivity contribution >= 4 is 0 Å². The number of nitrogens with one attached hydrogen (secondary N) is 1. The average Bonchev–Trinajstić information content (AvgIpc) is 2.95. The lowest BCUT2D eigenvalue weighted by molar-refractivity contribution is 0.386. The number of hydrogen-bond donors (Lipinski definition) is 2. The van der Waals surface area contributed by atoms with Crippen molar-refractivity contribution in [1.82, 2.24) is 10.2 Å². The van der Waals surface area contributed by atoms with Crippen LogP contribution in [-0.4, -0.2) is 23.9 Å². The van der Waals surface area contributed by atoms with Crippen molar-refractivity contribution in [1.29, 1.82) is 0 Å². The molecular weight excluding hydrogens is 178 g/mol. The molecule has 1 aromatic rings. The summed E-state index contributed by atoms with van der Waals surface area (Å²) in [5.74, 6) is 1.87. The maximum absolute atomic E-state index is 5.80. The van der Waals surface area contributed by atoms with Gasteiger partial charge in [-0.1, -0.05) is 0 Å². The molecule has 0 spiro atoms. The lowest BCUT2D eigenvalue weighted by Gasteiger charge is -2.14. The summed E-state index contributed by atoms with van der Waals surface area (Å²) in [6.45, 7) is 2.71. The highest BCUT2D eigenvalue weighted by Crippen LogP contribution is 2.44. The molecule has 3 N–H and O–H groups in total. The van der Waals surface area contributed by atoms with Crippen LogP contribution in [0, 0.1) is 12.8 Å². The first-order chi connectivity index (χ1) is 6.77. The van der Waals surface area contributed by atoms with Crippen molar-refractivity contribution in [3.63, 3.8) is 0 Å². The first kappa shape index (κ1) is 9.52. The van der Waals surface area contributed by atoms with E-state index in [1.54, 1.807) is 7.11 Å². The Morgan fingerprint density at radius 3 is 2.86 bits per heavy atom. The molecule has 1 unspecified atom stereocenters. The molecule has 1 atom stereocenters. The van der Waals surface area contributed by atoms with E-state index in [2.05, 4.69) is 10.2 Å². The van der Waals surface area contributed by atoms with E-state index < -0.39 is 0 Å². The van der Waals surface area contributed by atoms with E-state index in [0.717, 1.165) is 11.6 Å². The highest BCUT2D eigenvalue weighted by Gasteiger charge is 2.34. The Hall–Kier alpha value is -1.03. The Balaban J connectivity index is 2.30. The number of rotatable bonds is 4. The van der Waals surface area contributed by atoms with Gasteiger partial charge in [-0.05, 0) is 32.2 Å². The number of aryl methyl sites for hydroxylation is 1. The molecule has 0 saturated heterocycles. The van der Waals surface area contributed by atoms with Crippen LogP contribution in [0.4, 0.5) is 0 Å². The Morgan fingerprint density at radius 1 is 1.64 bits per heavy atom. The number of ether oxygens (including phenoxy) is 1. The molecule has 1 saturated carbocycles. The Kier molecular flexibility index (Phi) is 2.46. The molecule has 4 heteroatoms. The molecule has 1 aliphatic carbocycles. The fourth-order valence-electron chi connectivity index (χ4n) is 2.05. The summed E-state index contributed by atoms with van der Waals surface area (Å²) in [5, 5.41) is 7.07. The summed E-state index contributed by atoms with van der Waals surface area (Å²) in [4.78, 5) is 0. The van der Waals surface area contributed by atoms with E-state index in [9.17, 15) is 0 Å². The molecule has 1 aromatic heterocycles. The monoisotopic (exact) mass is 195 g/mol. The molecule has 4 nitrogen and oxygen atoms in total. The molecule has 0 aliphatic heterocycles. The fourth-order valence-corrected chi connectivity index (χ4v) is 2.05. The first-order valence-corrected chi connectivity index (χ1v) is 5.06.